The van der Waals surface area contributed by atoms with Gasteiger partial charge >= 0.3 is 0 Å². The fourth-order valence-electron chi connectivity index (χ4n) is 3.45. The lowest BCUT2D eigenvalue weighted by Gasteiger charge is -2.30. The third-order valence-electron chi connectivity index (χ3n) is 5.03. The second kappa shape index (κ2) is 9.68. The Morgan fingerprint density at radius 1 is 0.853 bits per heavy atom. The van der Waals surface area contributed by atoms with Crippen LogP contribution < -0.4 is 0 Å². The average molecular weight is 717 g/mol. The number of carbonyl (C=O) groups excluding carboxylic acids is 3. The third-order valence-corrected chi connectivity index (χ3v) is 9.80. The quantitative estimate of drug-likeness (QED) is 0.0988. The Hall–Kier alpha value is -2.41. The maximum Gasteiger partial charge on any atom is 0.282 e. The molecular weight excluding hydrogens is 706 g/mol. The van der Waals surface area contributed by atoms with Gasteiger partial charge in [0.25, 0.3) is 23.4 Å². The first kappa shape index (κ1) is 24.7. The predicted octanol–water partition coefficient (Wildman–Crippen LogP) is 6.50. The number of hydrazine groups is 1. The van der Waals surface area contributed by atoms with Crippen molar-refractivity contribution in [3.05, 3.63) is 105 Å². The molecule has 1 heterocycles. The van der Waals surface area contributed by atoms with Crippen molar-refractivity contribution in [3.63, 3.8) is 0 Å². The van der Waals surface area contributed by atoms with Crippen molar-refractivity contribution in [1.29, 1.82) is 0 Å². The fraction of sp³-hybridized carbons (Fsp3) is 0.0455. The second-order valence-corrected chi connectivity index (χ2v) is 10.3. The minimum Gasteiger partial charge on any atom is -0.267 e. The first-order valence-electron chi connectivity index (χ1n) is 9.48. The number of halogens is 4. The van der Waals surface area contributed by atoms with E-state index in [0.29, 0.717) is 23.5 Å². The first-order valence-corrected chi connectivity index (χ1v) is 12.7. The number of nitrogens with zero attached hydrogens (tertiary/aromatic N) is 3. The maximum atomic E-state index is 13.6. The zero-order valence-corrected chi connectivity index (χ0v) is 23.1. The van der Waals surface area contributed by atoms with Gasteiger partial charge in [-0.3, -0.25) is 24.5 Å². The zero-order chi connectivity index (χ0) is 24.7. The molecule has 0 saturated carbocycles. The molecule has 0 N–H and O–H groups in total. The fourth-order valence-corrected chi connectivity index (χ4v) is 5.91. The molecule has 1 aliphatic heterocycles. The molecule has 1 aliphatic rings. The molecule has 3 aromatic rings. The minimum absolute atomic E-state index is 0.0396. The van der Waals surface area contributed by atoms with Gasteiger partial charge in [-0.2, -0.15) is 5.01 Å². The molecule has 3 amide bonds. The molecule has 0 unspecified atom stereocenters. The van der Waals surface area contributed by atoms with Crippen molar-refractivity contribution in [3.8, 4) is 0 Å². The van der Waals surface area contributed by atoms with Gasteiger partial charge in [0.05, 0.1) is 22.6 Å². The molecule has 3 aromatic carbocycles. The molecule has 12 heteroatoms. The van der Waals surface area contributed by atoms with Crippen LogP contribution >= 0.6 is 63.7 Å². The van der Waals surface area contributed by atoms with Crippen molar-refractivity contribution >= 4 is 87.1 Å². The summed E-state index contributed by atoms with van der Waals surface area (Å²) >= 11 is 13.5. The number of nitro groups is 1. The molecular formula is C22H11Br4N3O5. The van der Waals surface area contributed by atoms with E-state index in [1.54, 1.807) is 30.3 Å². The van der Waals surface area contributed by atoms with Crippen LogP contribution in [0.25, 0.3) is 0 Å². The first-order chi connectivity index (χ1) is 16.1. The Kier molecular flexibility index (Phi) is 7.04. The molecule has 4 rings (SSSR count). The number of hydrogen-bond acceptors (Lipinski definition) is 5. The summed E-state index contributed by atoms with van der Waals surface area (Å²) in [4.78, 5) is 51.2. The highest BCUT2D eigenvalue weighted by atomic mass is 79.9. The molecule has 0 atom stereocenters. The Balaban J connectivity index is 1.85. The highest BCUT2D eigenvalue weighted by Gasteiger charge is 2.45. The van der Waals surface area contributed by atoms with E-state index >= 15 is 0 Å². The van der Waals surface area contributed by atoms with Crippen LogP contribution in [0.5, 0.6) is 0 Å². The predicted molar refractivity (Wildman–Crippen MR) is 137 cm³/mol. The van der Waals surface area contributed by atoms with Gasteiger partial charge < -0.3 is 0 Å². The van der Waals surface area contributed by atoms with Crippen molar-refractivity contribution < 1.29 is 19.3 Å². The molecule has 0 bridgehead atoms. The van der Waals surface area contributed by atoms with E-state index in [-0.39, 0.29) is 28.9 Å². The van der Waals surface area contributed by atoms with E-state index in [2.05, 4.69) is 63.7 Å². The Bertz CT molecular complexity index is 1330. The summed E-state index contributed by atoms with van der Waals surface area (Å²) in [6.07, 6.45) is 0. The summed E-state index contributed by atoms with van der Waals surface area (Å²) in [5, 5.41) is 13.0. The smallest absolute Gasteiger partial charge is 0.267 e. The van der Waals surface area contributed by atoms with Crippen molar-refractivity contribution in [2.24, 2.45) is 0 Å². The van der Waals surface area contributed by atoms with Crippen molar-refractivity contribution in [2.75, 3.05) is 0 Å². The minimum atomic E-state index is -0.743. The van der Waals surface area contributed by atoms with Crippen LogP contribution in [0.1, 0.15) is 36.6 Å². The molecule has 34 heavy (non-hydrogen) atoms. The van der Waals surface area contributed by atoms with E-state index in [1.807, 2.05) is 0 Å². The number of carbonyl (C=O) groups is 3. The topological polar surface area (TPSA) is 101 Å². The van der Waals surface area contributed by atoms with Crippen LogP contribution in [0.3, 0.4) is 0 Å². The normalized spacial score (nSPS) is 12.6. The number of non-ortho nitro benzene ring substituents is 1. The summed E-state index contributed by atoms with van der Waals surface area (Å²) in [7, 11) is 0. The van der Waals surface area contributed by atoms with E-state index in [9.17, 15) is 24.5 Å². The highest BCUT2D eigenvalue weighted by Crippen LogP contribution is 2.45. The summed E-state index contributed by atoms with van der Waals surface area (Å²) < 4.78 is 1.73. The number of nitro benzene ring substituents is 1. The summed E-state index contributed by atoms with van der Waals surface area (Å²) in [5.74, 6) is -2.17. The van der Waals surface area contributed by atoms with E-state index in [4.69, 9.17) is 0 Å². The third kappa shape index (κ3) is 4.23. The number of imide groups is 1. The molecule has 0 aromatic heterocycles. The Morgan fingerprint density at radius 3 is 1.94 bits per heavy atom. The largest absolute Gasteiger partial charge is 0.282 e. The molecule has 0 spiro atoms. The van der Waals surface area contributed by atoms with E-state index < -0.39 is 22.6 Å². The van der Waals surface area contributed by atoms with Gasteiger partial charge in [-0.05, 0) is 75.3 Å². The summed E-state index contributed by atoms with van der Waals surface area (Å²) in [5.41, 5.74) is 0.487. The van der Waals surface area contributed by atoms with Crippen LogP contribution in [0.15, 0.2) is 72.5 Å². The van der Waals surface area contributed by atoms with E-state index in [0.717, 1.165) is 16.1 Å². The van der Waals surface area contributed by atoms with Gasteiger partial charge in [0.15, 0.2) is 0 Å². The van der Waals surface area contributed by atoms with Crippen LogP contribution in [0, 0.1) is 10.1 Å². The maximum absolute atomic E-state index is 13.6. The van der Waals surface area contributed by atoms with Crippen LogP contribution in [0.4, 0.5) is 5.69 Å². The standard InChI is InChI=1S/C22H11Br4N3O5/c23-16-14-15(17(24)19(26)18(16)25)22(32)28(21(14)31)27(10-11-5-2-1-3-6-11)20(30)12-7-4-8-13(9-12)29(33)34/h1-9H,10H2. The number of fused-ring (bicyclic) bond motifs is 1. The van der Waals surface area contributed by atoms with Gasteiger partial charge in [-0.1, -0.05) is 36.4 Å². The number of benzene rings is 3. The summed E-state index contributed by atoms with van der Waals surface area (Å²) in [6.45, 7) is -0.120. The zero-order valence-electron chi connectivity index (χ0n) is 16.8. The van der Waals surface area contributed by atoms with Crippen molar-refractivity contribution in [2.45, 2.75) is 6.54 Å². The molecule has 0 fully saturated rings. The van der Waals surface area contributed by atoms with Crippen molar-refractivity contribution in [1.82, 2.24) is 10.0 Å². The molecule has 0 saturated heterocycles. The monoisotopic (exact) mass is 713 g/mol. The molecule has 172 valence electrons. The highest BCUT2D eigenvalue weighted by molar-refractivity contribution is 9.15. The SMILES string of the molecule is O=C(c1cccc([N+](=O)[O-])c1)N(Cc1ccccc1)N1C(=O)c2c(Br)c(Br)c(Br)c(Br)c2C1=O. The lowest BCUT2D eigenvalue weighted by molar-refractivity contribution is -0.384. The van der Waals surface area contributed by atoms with Gasteiger partial charge in [-0.25, -0.2) is 5.01 Å². The van der Waals surface area contributed by atoms with Gasteiger partial charge in [0.1, 0.15) is 0 Å². The summed E-state index contributed by atoms with van der Waals surface area (Å²) in [6, 6.07) is 13.9. The lowest BCUT2D eigenvalue weighted by Crippen LogP contribution is -2.49. The lowest BCUT2D eigenvalue weighted by atomic mass is 10.1. The second-order valence-electron chi connectivity index (χ2n) is 7.08. The average Bonchev–Trinajstić information content (AvgIpc) is 3.10. The van der Waals surface area contributed by atoms with Crippen LogP contribution in [-0.2, 0) is 6.54 Å². The molecule has 8 nitrogen and oxygen atoms in total. The number of amides is 3. The Morgan fingerprint density at radius 2 is 1.41 bits per heavy atom. The van der Waals surface area contributed by atoms with E-state index in [1.165, 1.54) is 18.2 Å². The molecule has 0 radical (unpaired) electrons. The van der Waals surface area contributed by atoms with Crippen LogP contribution in [0.2, 0.25) is 0 Å². The van der Waals surface area contributed by atoms with Gasteiger partial charge in [-0.15, -0.1) is 0 Å². The Labute approximate surface area is 226 Å². The van der Waals surface area contributed by atoms with Crippen LogP contribution in [-0.4, -0.2) is 32.7 Å². The number of hydrogen-bond donors (Lipinski definition) is 0. The van der Waals surface area contributed by atoms with Gasteiger partial charge in [0.2, 0.25) is 0 Å². The number of rotatable bonds is 5. The van der Waals surface area contributed by atoms with Gasteiger partial charge in [0, 0.05) is 35.6 Å². The molecule has 0 aliphatic carbocycles.